The summed E-state index contributed by atoms with van der Waals surface area (Å²) in [6, 6.07) is 10.8. The standard InChI is InChI=1S/C17H23NO/c1-17(14-9-5-6-10-14)12-15(18-16(17)19)11-13-7-3-2-4-8-13/h2-4,7-8,14-15H,5-6,9-12H2,1H3,(H,18,19)/t15-,17?/m0/s1. The zero-order chi connectivity index (χ0) is 13.3. The lowest BCUT2D eigenvalue weighted by Crippen LogP contribution is -2.35. The fourth-order valence-electron chi connectivity index (χ4n) is 3.94. The SMILES string of the molecule is CC1(C2CCCC2)C[C@H](Cc2ccccc2)NC1=O. The van der Waals surface area contributed by atoms with Gasteiger partial charge in [0.15, 0.2) is 0 Å². The van der Waals surface area contributed by atoms with Crippen molar-refractivity contribution in [2.45, 2.75) is 51.5 Å². The molecule has 19 heavy (non-hydrogen) atoms. The van der Waals surface area contributed by atoms with Crippen LogP contribution in [0.5, 0.6) is 0 Å². The fourth-order valence-corrected chi connectivity index (χ4v) is 3.94. The molecular weight excluding hydrogens is 234 g/mol. The lowest BCUT2D eigenvalue weighted by molar-refractivity contribution is -0.129. The van der Waals surface area contributed by atoms with Crippen LogP contribution >= 0.6 is 0 Å². The maximum Gasteiger partial charge on any atom is 0.226 e. The Bertz CT molecular complexity index is 450. The number of benzene rings is 1. The van der Waals surface area contributed by atoms with Crippen molar-refractivity contribution < 1.29 is 4.79 Å². The van der Waals surface area contributed by atoms with Gasteiger partial charge in [-0.05, 0) is 37.2 Å². The van der Waals surface area contributed by atoms with Crippen LogP contribution < -0.4 is 5.32 Å². The summed E-state index contributed by atoms with van der Waals surface area (Å²) in [4.78, 5) is 12.4. The van der Waals surface area contributed by atoms with Gasteiger partial charge >= 0.3 is 0 Å². The van der Waals surface area contributed by atoms with Crippen molar-refractivity contribution in [3.05, 3.63) is 35.9 Å². The number of carbonyl (C=O) groups is 1. The molecule has 2 aliphatic rings. The van der Waals surface area contributed by atoms with Crippen molar-refractivity contribution in [1.82, 2.24) is 5.32 Å². The van der Waals surface area contributed by atoms with Crippen molar-refractivity contribution >= 4 is 5.91 Å². The molecule has 0 radical (unpaired) electrons. The molecular formula is C17H23NO. The van der Waals surface area contributed by atoms with E-state index in [0.717, 1.165) is 12.8 Å². The lowest BCUT2D eigenvalue weighted by Gasteiger charge is -2.28. The van der Waals surface area contributed by atoms with Crippen LogP contribution in [-0.2, 0) is 11.2 Å². The molecule has 1 aliphatic heterocycles. The molecule has 102 valence electrons. The molecule has 1 N–H and O–H groups in total. The van der Waals surface area contributed by atoms with Gasteiger partial charge in [0.05, 0.1) is 5.41 Å². The zero-order valence-electron chi connectivity index (χ0n) is 11.7. The van der Waals surface area contributed by atoms with Crippen molar-refractivity contribution in [2.24, 2.45) is 11.3 Å². The Morgan fingerprint density at radius 1 is 1.21 bits per heavy atom. The quantitative estimate of drug-likeness (QED) is 0.884. The van der Waals surface area contributed by atoms with E-state index in [4.69, 9.17) is 0 Å². The predicted molar refractivity (Wildman–Crippen MR) is 76.8 cm³/mol. The Kier molecular flexibility index (Phi) is 3.34. The minimum absolute atomic E-state index is 0.115. The molecule has 1 heterocycles. The van der Waals surface area contributed by atoms with Crippen molar-refractivity contribution in [2.75, 3.05) is 0 Å². The van der Waals surface area contributed by atoms with Gasteiger partial charge in [-0.15, -0.1) is 0 Å². The van der Waals surface area contributed by atoms with Crippen LogP contribution in [0.1, 0.15) is 44.6 Å². The average Bonchev–Trinajstić information content (AvgIpc) is 3.01. The summed E-state index contributed by atoms with van der Waals surface area (Å²) in [6.07, 6.45) is 7.05. The van der Waals surface area contributed by atoms with E-state index < -0.39 is 0 Å². The smallest absolute Gasteiger partial charge is 0.226 e. The molecule has 1 amide bonds. The molecule has 1 aromatic rings. The molecule has 1 saturated carbocycles. The molecule has 0 aromatic heterocycles. The Balaban J connectivity index is 1.69. The van der Waals surface area contributed by atoms with Gasteiger partial charge in [-0.3, -0.25) is 4.79 Å². The highest BCUT2D eigenvalue weighted by molar-refractivity contribution is 5.85. The highest BCUT2D eigenvalue weighted by atomic mass is 16.2. The number of nitrogens with one attached hydrogen (secondary N) is 1. The Hall–Kier alpha value is -1.31. The Morgan fingerprint density at radius 3 is 2.58 bits per heavy atom. The minimum Gasteiger partial charge on any atom is -0.353 e. The fraction of sp³-hybridized carbons (Fsp3) is 0.588. The van der Waals surface area contributed by atoms with Crippen LogP contribution in [0.25, 0.3) is 0 Å². The molecule has 1 aliphatic carbocycles. The monoisotopic (exact) mass is 257 g/mol. The van der Waals surface area contributed by atoms with E-state index in [2.05, 4.69) is 36.5 Å². The van der Waals surface area contributed by atoms with Gasteiger partial charge in [-0.2, -0.15) is 0 Å². The van der Waals surface area contributed by atoms with Gasteiger partial charge in [0.1, 0.15) is 0 Å². The molecule has 2 atom stereocenters. The van der Waals surface area contributed by atoms with Crippen LogP contribution in [0.15, 0.2) is 30.3 Å². The van der Waals surface area contributed by atoms with Gasteiger partial charge in [-0.25, -0.2) is 0 Å². The Morgan fingerprint density at radius 2 is 1.89 bits per heavy atom. The van der Waals surface area contributed by atoms with E-state index in [1.54, 1.807) is 0 Å². The third-order valence-electron chi connectivity index (χ3n) is 5.11. The van der Waals surface area contributed by atoms with Gasteiger partial charge in [0.2, 0.25) is 5.91 Å². The van der Waals surface area contributed by atoms with Crippen LogP contribution in [0.2, 0.25) is 0 Å². The molecule has 1 unspecified atom stereocenters. The Labute approximate surface area is 115 Å². The third kappa shape index (κ3) is 2.41. The molecule has 2 heteroatoms. The molecule has 0 bridgehead atoms. The second-order valence-electron chi connectivity index (χ2n) is 6.46. The highest BCUT2D eigenvalue weighted by Gasteiger charge is 2.48. The predicted octanol–water partition coefficient (Wildman–Crippen LogP) is 3.31. The molecule has 2 nitrogen and oxygen atoms in total. The molecule has 3 rings (SSSR count). The van der Waals surface area contributed by atoms with Crippen LogP contribution in [-0.4, -0.2) is 11.9 Å². The summed E-state index contributed by atoms with van der Waals surface area (Å²) in [5.41, 5.74) is 1.21. The first-order valence-electron chi connectivity index (χ1n) is 7.53. The van der Waals surface area contributed by atoms with Gasteiger partial charge < -0.3 is 5.32 Å². The van der Waals surface area contributed by atoms with Crippen LogP contribution in [0.3, 0.4) is 0 Å². The number of amides is 1. The number of hydrogen-bond acceptors (Lipinski definition) is 1. The maximum absolute atomic E-state index is 12.4. The lowest BCUT2D eigenvalue weighted by atomic mass is 9.73. The highest BCUT2D eigenvalue weighted by Crippen LogP contribution is 2.46. The topological polar surface area (TPSA) is 29.1 Å². The van der Waals surface area contributed by atoms with Crippen LogP contribution in [0, 0.1) is 11.3 Å². The van der Waals surface area contributed by atoms with E-state index in [0.29, 0.717) is 17.9 Å². The first-order valence-corrected chi connectivity index (χ1v) is 7.53. The summed E-state index contributed by atoms with van der Waals surface area (Å²) in [7, 11) is 0. The van der Waals surface area contributed by atoms with E-state index >= 15 is 0 Å². The van der Waals surface area contributed by atoms with E-state index in [1.807, 2.05) is 6.07 Å². The molecule has 1 saturated heterocycles. The van der Waals surface area contributed by atoms with E-state index in [1.165, 1.54) is 31.2 Å². The number of rotatable bonds is 3. The normalized spacial score (nSPS) is 31.6. The third-order valence-corrected chi connectivity index (χ3v) is 5.11. The van der Waals surface area contributed by atoms with E-state index in [9.17, 15) is 4.79 Å². The van der Waals surface area contributed by atoms with E-state index in [-0.39, 0.29) is 5.41 Å². The zero-order valence-corrected chi connectivity index (χ0v) is 11.7. The van der Waals surface area contributed by atoms with Crippen molar-refractivity contribution in [3.63, 3.8) is 0 Å². The molecule has 1 aromatic carbocycles. The summed E-state index contributed by atoms with van der Waals surface area (Å²) in [5.74, 6) is 0.897. The largest absolute Gasteiger partial charge is 0.353 e. The maximum atomic E-state index is 12.4. The summed E-state index contributed by atoms with van der Waals surface area (Å²) < 4.78 is 0. The summed E-state index contributed by atoms with van der Waals surface area (Å²) >= 11 is 0. The van der Waals surface area contributed by atoms with Gasteiger partial charge in [0, 0.05) is 6.04 Å². The number of carbonyl (C=O) groups excluding carboxylic acids is 1. The van der Waals surface area contributed by atoms with Gasteiger partial charge in [0.25, 0.3) is 0 Å². The minimum atomic E-state index is -0.115. The van der Waals surface area contributed by atoms with Gasteiger partial charge in [-0.1, -0.05) is 50.1 Å². The first kappa shape index (κ1) is 12.7. The van der Waals surface area contributed by atoms with Crippen molar-refractivity contribution in [3.8, 4) is 0 Å². The second kappa shape index (κ2) is 4.99. The second-order valence-corrected chi connectivity index (χ2v) is 6.46. The summed E-state index contributed by atoms with van der Waals surface area (Å²) in [6.45, 7) is 2.18. The summed E-state index contributed by atoms with van der Waals surface area (Å²) in [5, 5.41) is 3.23. The molecule has 2 fully saturated rings. The number of hydrogen-bond donors (Lipinski definition) is 1. The molecule has 0 spiro atoms. The first-order chi connectivity index (χ1) is 9.18. The van der Waals surface area contributed by atoms with Crippen LogP contribution in [0.4, 0.5) is 0 Å². The average molecular weight is 257 g/mol. The van der Waals surface area contributed by atoms with Crippen molar-refractivity contribution in [1.29, 1.82) is 0 Å².